The Kier molecular flexibility index (Phi) is 4.07. The van der Waals surface area contributed by atoms with Crippen molar-refractivity contribution in [2.75, 3.05) is 31.7 Å². The predicted molar refractivity (Wildman–Crippen MR) is 74.2 cm³/mol. The fourth-order valence-electron chi connectivity index (χ4n) is 2.08. The van der Waals surface area contributed by atoms with Gasteiger partial charge >= 0.3 is 0 Å². The Bertz CT molecular complexity index is 519. The maximum Gasteiger partial charge on any atom is 0.248 e. The summed E-state index contributed by atoms with van der Waals surface area (Å²) in [6, 6.07) is 5.42. The fraction of sp³-hybridized carbons (Fsp3) is 0.385. The lowest BCUT2D eigenvalue weighted by molar-refractivity contribution is -0.130. The molecule has 2 amide bonds. The normalized spacial score (nSPS) is 15.2. The van der Waals surface area contributed by atoms with Gasteiger partial charge in [0.2, 0.25) is 11.8 Å². The van der Waals surface area contributed by atoms with Crippen molar-refractivity contribution in [1.29, 1.82) is 0 Å². The molecule has 0 spiro atoms. The summed E-state index contributed by atoms with van der Waals surface area (Å²) in [5.74, 6) is -0.173. The number of hydrogen-bond acceptors (Lipinski definition) is 3. The SMILES string of the molecule is CNCC(=O)N1CC(=O)N(c2cccc(Cl)c2C)C1. The molecule has 0 aromatic heterocycles. The number of halogens is 1. The summed E-state index contributed by atoms with van der Waals surface area (Å²) in [7, 11) is 1.70. The van der Waals surface area contributed by atoms with Crippen molar-refractivity contribution in [2.24, 2.45) is 0 Å². The van der Waals surface area contributed by atoms with Crippen LogP contribution in [0.25, 0.3) is 0 Å². The van der Waals surface area contributed by atoms with Gasteiger partial charge in [-0.1, -0.05) is 17.7 Å². The molecule has 0 unspecified atom stereocenters. The molecule has 1 fully saturated rings. The van der Waals surface area contributed by atoms with E-state index in [1.54, 1.807) is 24.1 Å². The van der Waals surface area contributed by atoms with E-state index in [4.69, 9.17) is 11.6 Å². The zero-order valence-corrected chi connectivity index (χ0v) is 11.7. The van der Waals surface area contributed by atoms with Crippen molar-refractivity contribution in [2.45, 2.75) is 6.92 Å². The average molecular weight is 282 g/mol. The summed E-state index contributed by atoms with van der Waals surface area (Å²) >= 11 is 6.06. The van der Waals surface area contributed by atoms with E-state index in [-0.39, 0.29) is 31.6 Å². The average Bonchev–Trinajstić information content (AvgIpc) is 2.75. The van der Waals surface area contributed by atoms with E-state index in [2.05, 4.69) is 5.32 Å². The lowest BCUT2D eigenvalue weighted by Crippen LogP contribution is -2.36. The zero-order valence-electron chi connectivity index (χ0n) is 10.9. The van der Waals surface area contributed by atoms with Crippen LogP contribution in [0, 0.1) is 6.92 Å². The predicted octanol–water partition coefficient (Wildman–Crippen LogP) is 1.00. The highest BCUT2D eigenvalue weighted by molar-refractivity contribution is 6.31. The minimum Gasteiger partial charge on any atom is -0.314 e. The van der Waals surface area contributed by atoms with Crippen LogP contribution in [-0.4, -0.2) is 43.5 Å². The Labute approximate surface area is 117 Å². The molecule has 1 heterocycles. The smallest absolute Gasteiger partial charge is 0.248 e. The van der Waals surface area contributed by atoms with Crippen LogP contribution in [0.2, 0.25) is 5.02 Å². The number of amides is 2. The van der Waals surface area contributed by atoms with Crippen molar-refractivity contribution in [3.05, 3.63) is 28.8 Å². The topological polar surface area (TPSA) is 52.7 Å². The third kappa shape index (κ3) is 2.72. The molecule has 1 N–H and O–H groups in total. The highest BCUT2D eigenvalue weighted by atomic mass is 35.5. The molecule has 5 nitrogen and oxygen atoms in total. The summed E-state index contributed by atoms with van der Waals surface area (Å²) in [4.78, 5) is 26.9. The van der Waals surface area contributed by atoms with E-state index in [0.717, 1.165) is 11.3 Å². The van der Waals surface area contributed by atoms with Crippen LogP contribution in [-0.2, 0) is 9.59 Å². The first-order chi connectivity index (χ1) is 9.04. The molecule has 6 heteroatoms. The molecule has 1 aliphatic rings. The molecule has 0 atom stereocenters. The van der Waals surface area contributed by atoms with Gasteiger partial charge in [-0.15, -0.1) is 0 Å². The summed E-state index contributed by atoms with van der Waals surface area (Å²) in [6.45, 7) is 2.49. The van der Waals surface area contributed by atoms with Gasteiger partial charge in [0, 0.05) is 10.7 Å². The largest absolute Gasteiger partial charge is 0.314 e. The Morgan fingerprint density at radius 3 is 2.89 bits per heavy atom. The van der Waals surface area contributed by atoms with Crippen LogP contribution in [0.5, 0.6) is 0 Å². The summed E-state index contributed by atoms with van der Waals surface area (Å²) in [5.41, 5.74) is 1.61. The van der Waals surface area contributed by atoms with Crippen molar-refractivity contribution < 1.29 is 9.59 Å². The highest BCUT2D eigenvalue weighted by Gasteiger charge is 2.32. The quantitative estimate of drug-likeness (QED) is 0.899. The fourth-order valence-corrected chi connectivity index (χ4v) is 2.25. The first-order valence-electron chi connectivity index (χ1n) is 6.02. The van der Waals surface area contributed by atoms with Gasteiger partial charge in [0.05, 0.1) is 6.54 Å². The molecule has 1 aliphatic heterocycles. The minimum absolute atomic E-state index is 0.0852. The van der Waals surface area contributed by atoms with Gasteiger partial charge in [0.15, 0.2) is 0 Å². The van der Waals surface area contributed by atoms with Crippen molar-refractivity contribution >= 4 is 29.1 Å². The molecule has 1 saturated heterocycles. The van der Waals surface area contributed by atoms with Gasteiger partial charge < -0.3 is 10.2 Å². The first-order valence-corrected chi connectivity index (χ1v) is 6.40. The van der Waals surface area contributed by atoms with E-state index in [0.29, 0.717) is 5.02 Å². The molecule has 0 bridgehead atoms. The van der Waals surface area contributed by atoms with Gasteiger partial charge in [0.1, 0.15) is 13.2 Å². The number of nitrogens with one attached hydrogen (secondary N) is 1. The summed E-state index contributed by atoms with van der Waals surface area (Å²) < 4.78 is 0. The number of nitrogens with zero attached hydrogens (tertiary/aromatic N) is 2. The number of hydrogen-bond donors (Lipinski definition) is 1. The zero-order chi connectivity index (χ0) is 14.0. The summed E-state index contributed by atoms with van der Waals surface area (Å²) in [6.07, 6.45) is 0. The maximum atomic E-state index is 12.0. The molecule has 0 saturated carbocycles. The van der Waals surface area contributed by atoms with Gasteiger partial charge in [-0.3, -0.25) is 14.5 Å². The number of carbonyl (C=O) groups excluding carboxylic acids is 2. The van der Waals surface area contributed by atoms with Gasteiger partial charge in [0.25, 0.3) is 0 Å². The number of likely N-dealkylation sites (N-methyl/N-ethyl adjacent to an activating group) is 1. The number of benzene rings is 1. The number of anilines is 1. The second-order valence-electron chi connectivity index (χ2n) is 4.47. The second-order valence-corrected chi connectivity index (χ2v) is 4.88. The van der Waals surface area contributed by atoms with Crippen LogP contribution in [0.15, 0.2) is 18.2 Å². The van der Waals surface area contributed by atoms with Crippen LogP contribution < -0.4 is 10.2 Å². The molecule has 0 radical (unpaired) electrons. The Balaban J connectivity index is 2.20. The van der Waals surface area contributed by atoms with Crippen molar-refractivity contribution in [1.82, 2.24) is 10.2 Å². The van der Waals surface area contributed by atoms with Crippen LogP contribution in [0.4, 0.5) is 5.69 Å². The Hall–Kier alpha value is -1.59. The van der Waals surface area contributed by atoms with Crippen LogP contribution in [0.3, 0.4) is 0 Å². The first kappa shape index (κ1) is 13.8. The minimum atomic E-state index is -0.0881. The van der Waals surface area contributed by atoms with Gasteiger partial charge in [-0.2, -0.15) is 0 Å². The molecule has 0 aliphatic carbocycles. The maximum absolute atomic E-state index is 12.0. The third-order valence-electron chi connectivity index (χ3n) is 3.15. The van der Waals surface area contributed by atoms with Crippen molar-refractivity contribution in [3.63, 3.8) is 0 Å². The van der Waals surface area contributed by atoms with Crippen LogP contribution in [0.1, 0.15) is 5.56 Å². The van der Waals surface area contributed by atoms with E-state index in [1.165, 1.54) is 4.90 Å². The molecule has 1 aromatic carbocycles. The van der Waals surface area contributed by atoms with Gasteiger partial charge in [-0.05, 0) is 31.7 Å². The van der Waals surface area contributed by atoms with E-state index < -0.39 is 0 Å². The van der Waals surface area contributed by atoms with E-state index in [1.807, 2.05) is 13.0 Å². The standard InChI is InChI=1S/C13H16ClN3O2/c1-9-10(14)4-3-5-11(9)17-8-16(7-13(17)19)12(18)6-15-2/h3-5,15H,6-8H2,1-2H3. The molecule has 1 aromatic rings. The highest BCUT2D eigenvalue weighted by Crippen LogP contribution is 2.28. The number of carbonyl (C=O) groups is 2. The molecule has 2 rings (SSSR count). The van der Waals surface area contributed by atoms with E-state index >= 15 is 0 Å². The Morgan fingerprint density at radius 2 is 2.21 bits per heavy atom. The lowest BCUT2D eigenvalue weighted by atomic mass is 10.2. The molecular formula is C13H16ClN3O2. The second kappa shape index (κ2) is 5.59. The third-order valence-corrected chi connectivity index (χ3v) is 3.56. The van der Waals surface area contributed by atoms with Crippen LogP contribution >= 0.6 is 11.6 Å². The monoisotopic (exact) mass is 281 g/mol. The van der Waals surface area contributed by atoms with Gasteiger partial charge in [-0.25, -0.2) is 0 Å². The molecular weight excluding hydrogens is 266 g/mol. The molecule has 19 heavy (non-hydrogen) atoms. The molecule has 102 valence electrons. The Morgan fingerprint density at radius 1 is 1.47 bits per heavy atom. The van der Waals surface area contributed by atoms with E-state index in [9.17, 15) is 9.59 Å². The number of rotatable bonds is 3. The van der Waals surface area contributed by atoms with Crippen molar-refractivity contribution in [3.8, 4) is 0 Å². The lowest BCUT2D eigenvalue weighted by Gasteiger charge is -2.20. The summed E-state index contributed by atoms with van der Waals surface area (Å²) in [5, 5.41) is 3.41.